The Balaban J connectivity index is 0.891. The SMILES string of the molecule is Cc1cc(C(=O)N2CCOC3(CCN(CCCCCCCCCNCC(O)c4ccc(OC=O)c5[nH]c(=O)sc45)CC3)C2)cs1. The van der Waals surface area contributed by atoms with E-state index in [1.54, 1.807) is 23.5 Å². The van der Waals surface area contributed by atoms with Crippen LogP contribution in [0, 0.1) is 6.92 Å². The van der Waals surface area contributed by atoms with Crippen molar-refractivity contribution >= 4 is 45.3 Å². The van der Waals surface area contributed by atoms with Gasteiger partial charge < -0.3 is 34.7 Å². The molecule has 1 amide bonds. The summed E-state index contributed by atoms with van der Waals surface area (Å²) in [5.41, 5.74) is 1.72. The predicted octanol–water partition coefficient (Wildman–Crippen LogP) is 4.86. The molecule has 10 nitrogen and oxygen atoms in total. The second kappa shape index (κ2) is 16.3. The molecule has 2 aromatic heterocycles. The van der Waals surface area contributed by atoms with Crippen LogP contribution < -0.4 is 14.9 Å². The number of aromatic nitrogens is 1. The van der Waals surface area contributed by atoms with Crippen molar-refractivity contribution in [1.29, 1.82) is 0 Å². The van der Waals surface area contributed by atoms with Crippen LogP contribution in [-0.4, -0.2) is 90.3 Å². The Morgan fingerprint density at radius 2 is 1.91 bits per heavy atom. The smallest absolute Gasteiger partial charge is 0.305 e. The number of fused-ring (bicyclic) bond motifs is 1. The van der Waals surface area contributed by atoms with Gasteiger partial charge in [0.1, 0.15) is 5.52 Å². The third-order valence-corrected chi connectivity index (χ3v) is 10.8. The zero-order chi connectivity index (χ0) is 31.6. The lowest BCUT2D eigenvalue weighted by Crippen LogP contribution is -2.58. The van der Waals surface area contributed by atoms with E-state index in [0.717, 1.165) is 68.8 Å². The molecule has 0 saturated carbocycles. The Morgan fingerprint density at radius 3 is 2.64 bits per heavy atom. The molecule has 3 aromatic rings. The third-order valence-electron chi connectivity index (χ3n) is 9.05. The van der Waals surface area contributed by atoms with Crippen molar-refractivity contribution in [3.05, 3.63) is 49.3 Å². The van der Waals surface area contributed by atoms with Gasteiger partial charge in [-0.2, -0.15) is 0 Å². The molecule has 3 N–H and O–H groups in total. The summed E-state index contributed by atoms with van der Waals surface area (Å²) in [5, 5.41) is 16.0. The van der Waals surface area contributed by atoms with Crippen LogP contribution in [-0.2, 0) is 9.53 Å². The van der Waals surface area contributed by atoms with Crippen molar-refractivity contribution in [2.45, 2.75) is 76.4 Å². The molecule has 1 spiro atoms. The van der Waals surface area contributed by atoms with E-state index in [1.165, 1.54) is 37.0 Å². The van der Waals surface area contributed by atoms with E-state index in [0.29, 0.717) is 48.5 Å². The maximum Gasteiger partial charge on any atom is 0.305 e. The molecule has 12 heteroatoms. The minimum Gasteiger partial charge on any atom is -0.426 e. The number of aryl methyl sites for hydroxylation is 1. The molecule has 4 heterocycles. The normalized spacial score (nSPS) is 17.6. The van der Waals surface area contributed by atoms with E-state index in [-0.39, 0.29) is 22.1 Å². The summed E-state index contributed by atoms with van der Waals surface area (Å²) in [5.74, 6) is 0.425. The van der Waals surface area contributed by atoms with Crippen LogP contribution in [0.2, 0.25) is 0 Å². The van der Waals surface area contributed by atoms with Crippen LogP contribution in [0.25, 0.3) is 10.2 Å². The zero-order valence-electron chi connectivity index (χ0n) is 26.2. The van der Waals surface area contributed by atoms with Crippen molar-refractivity contribution in [1.82, 2.24) is 20.1 Å². The van der Waals surface area contributed by atoms with Crippen molar-refractivity contribution < 1.29 is 24.2 Å². The van der Waals surface area contributed by atoms with Crippen LogP contribution >= 0.6 is 22.7 Å². The summed E-state index contributed by atoms with van der Waals surface area (Å²) >= 11 is 2.64. The second-order valence-corrected chi connectivity index (χ2v) is 14.4. The average Bonchev–Trinajstić information content (AvgIpc) is 3.66. The molecule has 5 rings (SSSR count). The average molecular weight is 659 g/mol. The molecule has 1 aromatic carbocycles. The van der Waals surface area contributed by atoms with Gasteiger partial charge in [-0.1, -0.05) is 49.5 Å². The van der Waals surface area contributed by atoms with Gasteiger partial charge in [-0.05, 0) is 57.8 Å². The van der Waals surface area contributed by atoms with E-state index < -0.39 is 6.10 Å². The number of H-pyrrole nitrogens is 1. The number of nitrogens with zero attached hydrogens (tertiary/aromatic N) is 2. The highest BCUT2D eigenvalue weighted by molar-refractivity contribution is 7.16. The quantitative estimate of drug-likeness (QED) is 0.147. The number of ether oxygens (including phenoxy) is 2. The van der Waals surface area contributed by atoms with Crippen molar-refractivity contribution in [3.8, 4) is 5.75 Å². The fraction of sp³-hybridized carbons (Fsp3) is 0.606. The van der Waals surface area contributed by atoms with Gasteiger partial charge in [-0.15, -0.1) is 11.3 Å². The standard InChI is InChI=1S/C33H46N4O6S2/c1-24-19-25(21-44-24)31(40)37-17-18-43-33(22-37)11-15-36(16-12-33)14-8-6-4-2-3-5-7-13-34-20-27(39)26-9-10-28(42-23-38)29-30(26)45-32(41)35-29/h9-10,19,21,23,27,34,39H,2-8,11-18,20,22H2,1H3,(H,35,41). The fourth-order valence-electron chi connectivity index (χ4n) is 6.50. The fourth-order valence-corrected chi connectivity index (χ4v) is 8.09. The van der Waals surface area contributed by atoms with Gasteiger partial charge in [-0.3, -0.25) is 14.4 Å². The van der Waals surface area contributed by atoms with E-state index in [4.69, 9.17) is 9.47 Å². The number of nitrogens with one attached hydrogen (secondary N) is 2. The first-order valence-electron chi connectivity index (χ1n) is 16.2. The van der Waals surface area contributed by atoms with E-state index >= 15 is 0 Å². The highest BCUT2D eigenvalue weighted by Gasteiger charge is 2.41. The number of thiophene rings is 1. The third kappa shape index (κ3) is 9.02. The number of aromatic amines is 1. The summed E-state index contributed by atoms with van der Waals surface area (Å²) in [6, 6.07) is 5.29. The van der Waals surface area contributed by atoms with Crippen molar-refractivity contribution in [2.24, 2.45) is 0 Å². The van der Waals surface area contributed by atoms with E-state index in [2.05, 4.69) is 15.2 Å². The number of benzene rings is 1. The Labute approximate surface area is 272 Å². The van der Waals surface area contributed by atoms with Gasteiger partial charge in [0.25, 0.3) is 12.4 Å². The lowest BCUT2D eigenvalue weighted by molar-refractivity contribution is -0.127. The summed E-state index contributed by atoms with van der Waals surface area (Å²) in [7, 11) is 0. The molecule has 0 bridgehead atoms. The highest BCUT2D eigenvalue weighted by atomic mass is 32.1. The Morgan fingerprint density at radius 1 is 1.16 bits per heavy atom. The largest absolute Gasteiger partial charge is 0.426 e. The minimum absolute atomic E-state index is 0.144. The molecule has 2 saturated heterocycles. The number of hydrogen-bond donors (Lipinski definition) is 3. The van der Waals surface area contributed by atoms with Gasteiger partial charge >= 0.3 is 4.87 Å². The minimum atomic E-state index is -0.760. The molecule has 246 valence electrons. The lowest BCUT2D eigenvalue weighted by Gasteiger charge is -2.47. The highest BCUT2D eigenvalue weighted by Crippen LogP contribution is 2.33. The number of aliphatic hydroxyl groups excluding tert-OH is 1. The van der Waals surface area contributed by atoms with E-state index in [1.807, 2.05) is 23.3 Å². The summed E-state index contributed by atoms with van der Waals surface area (Å²) < 4.78 is 11.8. The zero-order valence-corrected chi connectivity index (χ0v) is 27.8. The predicted molar refractivity (Wildman–Crippen MR) is 179 cm³/mol. The molecule has 2 aliphatic heterocycles. The number of amides is 1. The number of carbonyl (C=O) groups is 2. The molecule has 0 aliphatic carbocycles. The van der Waals surface area contributed by atoms with Crippen molar-refractivity contribution in [2.75, 3.05) is 52.4 Å². The van der Waals surface area contributed by atoms with Gasteiger partial charge in [0.05, 0.1) is 35.1 Å². The summed E-state index contributed by atoms with van der Waals surface area (Å²) in [6.07, 6.45) is 9.62. The van der Waals surface area contributed by atoms with Crippen LogP contribution in [0.4, 0.5) is 0 Å². The lowest BCUT2D eigenvalue weighted by atomic mass is 9.89. The molecule has 2 aliphatic rings. The summed E-state index contributed by atoms with van der Waals surface area (Å²) in [4.78, 5) is 43.7. The molecule has 1 unspecified atom stereocenters. The van der Waals surface area contributed by atoms with Crippen LogP contribution in [0.15, 0.2) is 28.4 Å². The number of likely N-dealkylation sites (tertiary alicyclic amines) is 1. The van der Waals surface area contributed by atoms with Gasteiger partial charge in [0, 0.05) is 42.0 Å². The van der Waals surface area contributed by atoms with Gasteiger partial charge in [0.15, 0.2) is 5.75 Å². The maximum atomic E-state index is 13.0. The van der Waals surface area contributed by atoms with Crippen LogP contribution in [0.1, 0.15) is 84.7 Å². The van der Waals surface area contributed by atoms with Gasteiger partial charge in [-0.25, -0.2) is 0 Å². The first kappa shape index (κ1) is 33.7. The number of carbonyl (C=O) groups excluding carboxylic acids is 2. The van der Waals surface area contributed by atoms with Crippen molar-refractivity contribution in [3.63, 3.8) is 0 Å². The topological polar surface area (TPSA) is 124 Å². The Bertz CT molecular complexity index is 1460. The Hall–Kier alpha value is -2.61. The number of hydrogen-bond acceptors (Lipinski definition) is 10. The number of thiazole rings is 1. The molecular weight excluding hydrogens is 613 g/mol. The van der Waals surface area contributed by atoms with E-state index in [9.17, 15) is 19.5 Å². The van der Waals surface area contributed by atoms with Crippen LogP contribution in [0.3, 0.4) is 0 Å². The number of rotatable bonds is 16. The van der Waals surface area contributed by atoms with Crippen LogP contribution in [0.5, 0.6) is 5.75 Å². The molecule has 1 atom stereocenters. The molecule has 2 fully saturated rings. The molecule has 0 radical (unpaired) electrons. The maximum absolute atomic E-state index is 13.0. The number of piperidine rings is 1. The molecular formula is C33H46N4O6S2. The number of morpholine rings is 1. The second-order valence-electron chi connectivity index (χ2n) is 12.3. The number of unbranched alkanes of at least 4 members (excludes halogenated alkanes) is 6. The first-order chi connectivity index (χ1) is 21.9. The number of aliphatic hydroxyl groups is 1. The summed E-state index contributed by atoms with van der Waals surface area (Å²) in [6.45, 7) is 8.82. The monoisotopic (exact) mass is 658 g/mol. The Kier molecular flexibility index (Phi) is 12.2. The molecule has 45 heavy (non-hydrogen) atoms. The van der Waals surface area contributed by atoms with Gasteiger partial charge in [0.2, 0.25) is 0 Å². The first-order valence-corrected chi connectivity index (χ1v) is 17.9.